The Hall–Kier alpha value is -3.42. The van der Waals surface area contributed by atoms with Crippen molar-refractivity contribution in [1.29, 1.82) is 0 Å². The number of para-hydroxylation sites is 2. The van der Waals surface area contributed by atoms with Gasteiger partial charge in [-0.1, -0.05) is 12.1 Å². The fraction of sp³-hybridized carbons (Fsp3) is 0.300. The Balaban J connectivity index is 1.77. The molecular weight excluding hydrogens is 362 g/mol. The van der Waals surface area contributed by atoms with Crippen LogP contribution in [0.4, 0.5) is 11.4 Å². The highest BCUT2D eigenvalue weighted by atomic mass is 16.5. The zero-order chi connectivity index (χ0) is 20.1. The Morgan fingerprint density at radius 1 is 1.18 bits per heavy atom. The lowest BCUT2D eigenvalue weighted by Gasteiger charge is -2.35. The van der Waals surface area contributed by atoms with Gasteiger partial charge in [-0.15, -0.1) is 0 Å². The van der Waals surface area contributed by atoms with Crippen LogP contribution in [0.5, 0.6) is 17.2 Å². The number of hydrogen-bond donors (Lipinski definition) is 2. The van der Waals surface area contributed by atoms with Gasteiger partial charge in [-0.3, -0.25) is 9.59 Å². The van der Waals surface area contributed by atoms with Gasteiger partial charge >= 0.3 is 0 Å². The maximum absolute atomic E-state index is 12.7. The summed E-state index contributed by atoms with van der Waals surface area (Å²) in [5, 5.41) is 5.43. The van der Waals surface area contributed by atoms with E-state index in [1.165, 1.54) is 7.11 Å². The van der Waals surface area contributed by atoms with Crippen LogP contribution in [-0.4, -0.2) is 52.3 Å². The zero-order valence-corrected chi connectivity index (χ0v) is 16.0. The molecule has 0 spiro atoms. The van der Waals surface area contributed by atoms with Crippen molar-refractivity contribution < 1.29 is 23.8 Å². The lowest BCUT2D eigenvalue weighted by atomic mass is 10.1. The Kier molecular flexibility index (Phi) is 5.88. The van der Waals surface area contributed by atoms with Crippen molar-refractivity contribution in [2.75, 3.05) is 44.6 Å². The molecule has 1 aliphatic heterocycles. The first-order chi connectivity index (χ1) is 13.5. The number of benzene rings is 2. The van der Waals surface area contributed by atoms with Crippen LogP contribution in [0.15, 0.2) is 42.5 Å². The van der Waals surface area contributed by atoms with Gasteiger partial charge in [0.25, 0.3) is 5.91 Å². The monoisotopic (exact) mass is 385 g/mol. The minimum atomic E-state index is -0.691. The van der Waals surface area contributed by atoms with Crippen molar-refractivity contribution in [2.24, 2.45) is 0 Å². The Morgan fingerprint density at radius 3 is 2.68 bits per heavy atom. The third kappa shape index (κ3) is 4.11. The van der Waals surface area contributed by atoms with Crippen LogP contribution in [0.25, 0.3) is 0 Å². The SMILES string of the molecule is CNC(=O)[C@H]1CN(CC(=O)Nc2ccc(OC)cc2OC)c2ccccc2O1. The van der Waals surface area contributed by atoms with Crippen LogP contribution in [-0.2, 0) is 9.59 Å². The normalized spacial score (nSPS) is 15.1. The van der Waals surface area contributed by atoms with Crippen LogP contribution >= 0.6 is 0 Å². The number of amides is 2. The van der Waals surface area contributed by atoms with Gasteiger partial charge in [0.2, 0.25) is 5.91 Å². The molecular formula is C20H23N3O5. The van der Waals surface area contributed by atoms with E-state index in [2.05, 4.69) is 10.6 Å². The van der Waals surface area contributed by atoms with E-state index in [4.69, 9.17) is 14.2 Å². The number of fused-ring (bicyclic) bond motifs is 1. The van der Waals surface area contributed by atoms with Crippen LogP contribution in [0.2, 0.25) is 0 Å². The highest BCUT2D eigenvalue weighted by Crippen LogP contribution is 2.33. The maximum atomic E-state index is 12.7. The van der Waals surface area contributed by atoms with Gasteiger partial charge < -0.3 is 29.7 Å². The molecule has 1 atom stereocenters. The summed E-state index contributed by atoms with van der Waals surface area (Å²) in [4.78, 5) is 26.6. The van der Waals surface area contributed by atoms with Gasteiger partial charge in [0.15, 0.2) is 6.10 Å². The standard InChI is InChI=1S/C20H23N3O5/c1-21-20(25)18-11-23(15-6-4-5-7-16(15)28-18)12-19(24)22-14-9-8-13(26-2)10-17(14)27-3/h4-10,18H,11-12H2,1-3H3,(H,21,25)(H,22,24)/t18-/m1/s1. The molecule has 0 aromatic heterocycles. The molecule has 2 aromatic carbocycles. The van der Waals surface area contributed by atoms with Crippen molar-refractivity contribution in [3.8, 4) is 17.2 Å². The van der Waals surface area contributed by atoms with Gasteiger partial charge in [-0.2, -0.15) is 0 Å². The minimum absolute atomic E-state index is 0.0586. The second kappa shape index (κ2) is 8.51. The number of anilines is 2. The van der Waals surface area contributed by atoms with Crippen LogP contribution in [0.3, 0.4) is 0 Å². The van der Waals surface area contributed by atoms with Crippen LogP contribution < -0.4 is 29.7 Å². The smallest absolute Gasteiger partial charge is 0.262 e. The molecule has 0 bridgehead atoms. The van der Waals surface area contributed by atoms with E-state index >= 15 is 0 Å². The van der Waals surface area contributed by atoms with Crippen LogP contribution in [0.1, 0.15) is 0 Å². The Bertz CT molecular complexity index is 871. The van der Waals surface area contributed by atoms with Gasteiger partial charge in [0.05, 0.1) is 38.7 Å². The molecule has 148 valence electrons. The maximum Gasteiger partial charge on any atom is 0.262 e. The van der Waals surface area contributed by atoms with Crippen molar-refractivity contribution in [3.63, 3.8) is 0 Å². The number of likely N-dealkylation sites (N-methyl/N-ethyl adjacent to an activating group) is 1. The van der Waals surface area contributed by atoms with E-state index in [1.54, 1.807) is 38.4 Å². The van der Waals surface area contributed by atoms with Gasteiger partial charge in [-0.25, -0.2) is 0 Å². The van der Waals surface area contributed by atoms with Crippen molar-refractivity contribution >= 4 is 23.2 Å². The van der Waals surface area contributed by atoms with Gasteiger partial charge in [-0.05, 0) is 24.3 Å². The molecule has 3 rings (SSSR count). The Morgan fingerprint density at radius 2 is 1.96 bits per heavy atom. The summed E-state index contributed by atoms with van der Waals surface area (Å²) < 4.78 is 16.2. The second-order valence-electron chi connectivity index (χ2n) is 6.18. The highest BCUT2D eigenvalue weighted by molar-refractivity contribution is 5.96. The molecule has 0 fully saturated rings. The summed E-state index contributed by atoms with van der Waals surface area (Å²) in [6.07, 6.45) is -0.691. The number of nitrogens with one attached hydrogen (secondary N) is 2. The second-order valence-corrected chi connectivity index (χ2v) is 6.18. The minimum Gasteiger partial charge on any atom is -0.497 e. The van der Waals surface area contributed by atoms with Crippen molar-refractivity contribution in [3.05, 3.63) is 42.5 Å². The predicted molar refractivity (Wildman–Crippen MR) is 105 cm³/mol. The number of rotatable bonds is 6. The number of carbonyl (C=O) groups excluding carboxylic acids is 2. The van der Waals surface area contributed by atoms with E-state index < -0.39 is 6.10 Å². The highest BCUT2D eigenvalue weighted by Gasteiger charge is 2.31. The van der Waals surface area contributed by atoms with E-state index in [1.807, 2.05) is 23.1 Å². The first-order valence-electron chi connectivity index (χ1n) is 8.79. The largest absolute Gasteiger partial charge is 0.497 e. The summed E-state index contributed by atoms with van der Waals surface area (Å²) in [5.74, 6) is 1.22. The third-order valence-electron chi connectivity index (χ3n) is 4.42. The molecule has 28 heavy (non-hydrogen) atoms. The first kappa shape index (κ1) is 19.3. The number of nitrogens with zero attached hydrogens (tertiary/aromatic N) is 1. The molecule has 1 heterocycles. The fourth-order valence-electron chi connectivity index (χ4n) is 3.02. The average molecular weight is 385 g/mol. The molecule has 1 aliphatic rings. The molecule has 8 nitrogen and oxygen atoms in total. The number of hydrogen-bond acceptors (Lipinski definition) is 6. The van der Waals surface area contributed by atoms with E-state index in [0.717, 1.165) is 5.69 Å². The van der Waals surface area contributed by atoms with E-state index in [0.29, 0.717) is 22.9 Å². The number of carbonyl (C=O) groups is 2. The summed E-state index contributed by atoms with van der Waals surface area (Å²) in [6.45, 7) is 0.326. The van der Waals surface area contributed by atoms with Crippen molar-refractivity contribution in [1.82, 2.24) is 5.32 Å². The Labute approximate surface area is 163 Å². The summed E-state index contributed by atoms with van der Waals surface area (Å²) in [7, 11) is 4.64. The number of methoxy groups -OCH3 is 2. The molecule has 2 N–H and O–H groups in total. The summed E-state index contributed by atoms with van der Waals surface area (Å²) in [6, 6.07) is 12.5. The fourth-order valence-corrected chi connectivity index (χ4v) is 3.02. The third-order valence-corrected chi connectivity index (χ3v) is 4.42. The molecule has 0 radical (unpaired) electrons. The molecule has 0 aliphatic carbocycles. The molecule has 2 aromatic rings. The molecule has 8 heteroatoms. The zero-order valence-electron chi connectivity index (χ0n) is 16.0. The van der Waals surface area contributed by atoms with Crippen molar-refractivity contribution in [2.45, 2.75) is 6.10 Å². The van der Waals surface area contributed by atoms with E-state index in [9.17, 15) is 9.59 Å². The molecule has 0 saturated carbocycles. The van der Waals surface area contributed by atoms with Gasteiger partial charge in [0.1, 0.15) is 17.2 Å². The lowest BCUT2D eigenvalue weighted by Crippen LogP contribution is -2.50. The lowest BCUT2D eigenvalue weighted by molar-refractivity contribution is -0.127. The topological polar surface area (TPSA) is 89.1 Å². The molecule has 2 amide bonds. The predicted octanol–water partition coefficient (Wildman–Crippen LogP) is 1.66. The van der Waals surface area contributed by atoms with Gasteiger partial charge in [0, 0.05) is 13.1 Å². The summed E-state index contributed by atoms with van der Waals surface area (Å²) in [5.41, 5.74) is 1.30. The average Bonchev–Trinajstić information content (AvgIpc) is 2.73. The summed E-state index contributed by atoms with van der Waals surface area (Å²) >= 11 is 0. The first-order valence-corrected chi connectivity index (χ1v) is 8.79. The van der Waals surface area contributed by atoms with Crippen LogP contribution in [0, 0.1) is 0 Å². The quantitative estimate of drug-likeness (QED) is 0.786. The number of ether oxygens (including phenoxy) is 3. The molecule has 0 unspecified atom stereocenters. The van der Waals surface area contributed by atoms with E-state index in [-0.39, 0.29) is 24.9 Å². The molecule has 0 saturated heterocycles.